The van der Waals surface area contributed by atoms with Gasteiger partial charge in [-0.25, -0.2) is 4.68 Å². The molecule has 1 aromatic heterocycles. The molecule has 2 rings (SSSR count). The molecule has 1 amide bonds. The van der Waals surface area contributed by atoms with E-state index in [0.29, 0.717) is 23.8 Å². The van der Waals surface area contributed by atoms with Gasteiger partial charge in [0.1, 0.15) is 12.2 Å². The zero-order valence-corrected chi connectivity index (χ0v) is 13.1. The van der Waals surface area contributed by atoms with Crippen molar-refractivity contribution in [3.05, 3.63) is 36.2 Å². The van der Waals surface area contributed by atoms with Gasteiger partial charge in [-0.1, -0.05) is 17.3 Å². The Morgan fingerprint density at radius 3 is 2.62 bits per heavy atom. The Morgan fingerprint density at radius 1 is 1.25 bits per heavy atom. The number of carboxylic acid groups (broad SMARTS) is 1. The summed E-state index contributed by atoms with van der Waals surface area (Å²) in [5.74, 6) is -0.294. The van der Waals surface area contributed by atoms with Crippen LogP contribution in [0.5, 0.6) is 11.5 Å². The first-order chi connectivity index (χ1) is 11.6. The molecule has 0 aliphatic heterocycles. The highest BCUT2D eigenvalue weighted by Crippen LogP contribution is 2.26. The van der Waals surface area contributed by atoms with Gasteiger partial charge >= 0.3 is 5.97 Å². The molecule has 0 aliphatic rings. The standard InChI is InChI=1S/C15H18N4O5/c1-2-23-12-5-3-4-6-13(12)24-10-14(20)16-7-11-8-19(18-17-11)9-15(21)22/h3-6,8H,2,7,9-10H2,1H3,(H,16,20)(H,21,22). The number of rotatable bonds is 9. The van der Waals surface area contributed by atoms with Gasteiger partial charge in [-0.3, -0.25) is 9.59 Å². The van der Waals surface area contributed by atoms with Crippen LogP contribution < -0.4 is 14.8 Å². The molecule has 1 aromatic carbocycles. The molecular formula is C15H18N4O5. The summed E-state index contributed by atoms with van der Waals surface area (Å²) in [7, 11) is 0. The first kappa shape index (κ1) is 17.3. The molecule has 0 unspecified atom stereocenters. The fourth-order valence-corrected chi connectivity index (χ4v) is 1.86. The summed E-state index contributed by atoms with van der Waals surface area (Å²) in [6, 6.07) is 7.09. The molecule has 0 atom stereocenters. The van der Waals surface area contributed by atoms with Crippen molar-refractivity contribution in [2.45, 2.75) is 20.0 Å². The highest BCUT2D eigenvalue weighted by atomic mass is 16.5. The Kier molecular flexibility index (Phi) is 6.12. The number of carboxylic acids is 1. The quantitative estimate of drug-likeness (QED) is 0.684. The Bertz CT molecular complexity index is 701. The number of aliphatic carboxylic acids is 1. The molecule has 0 spiro atoms. The Morgan fingerprint density at radius 2 is 1.96 bits per heavy atom. The van der Waals surface area contributed by atoms with Crippen LogP contribution in [0.3, 0.4) is 0 Å². The van der Waals surface area contributed by atoms with E-state index >= 15 is 0 Å². The molecule has 0 aliphatic carbocycles. The highest BCUT2D eigenvalue weighted by Gasteiger charge is 2.09. The van der Waals surface area contributed by atoms with Crippen LogP contribution in [0.2, 0.25) is 0 Å². The van der Waals surface area contributed by atoms with Crippen LogP contribution in [0, 0.1) is 0 Å². The van der Waals surface area contributed by atoms with Crippen LogP contribution in [-0.4, -0.2) is 45.2 Å². The van der Waals surface area contributed by atoms with Crippen molar-refractivity contribution < 1.29 is 24.2 Å². The average Bonchev–Trinajstić information content (AvgIpc) is 2.99. The topological polar surface area (TPSA) is 116 Å². The second-order valence-electron chi connectivity index (χ2n) is 4.75. The molecule has 0 fully saturated rings. The largest absolute Gasteiger partial charge is 0.490 e. The van der Waals surface area contributed by atoms with Gasteiger partial charge in [0.25, 0.3) is 5.91 Å². The maximum absolute atomic E-state index is 11.8. The molecule has 2 N–H and O–H groups in total. The molecule has 0 bridgehead atoms. The van der Waals surface area contributed by atoms with Crippen molar-refractivity contribution in [1.82, 2.24) is 20.3 Å². The number of aromatic nitrogens is 3. The number of para-hydroxylation sites is 2. The molecule has 128 valence electrons. The van der Waals surface area contributed by atoms with E-state index in [1.54, 1.807) is 18.2 Å². The van der Waals surface area contributed by atoms with Crippen LogP contribution in [0.4, 0.5) is 0 Å². The van der Waals surface area contributed by atoms with Crippen molar-refractivity contribution >= 4 is 11.9 Å². The van der Waals surface area contributed by atoms with Gasteiger partial charge < -0.3 is 19.9 Å². The van der Waals surface area contributed by atoms with Crippen molar-refractivity contribution in [1.29, 1.82) is 0 Å². The lowest BCUT2D eigenvalue weighted by Gasteiger charge is -2.11. The number of carbonyl (C=O) groups excluding carboxylic acids is 1. The van der Waals surface area contributed by atoms with Crippen LogP contribution in [0.1, 0.15) is 12.6 Å². The highest BCUT2D eigenvalue weighted by molar-refractivity contribution is 5.77. The van der Waals surface area contributed by atoms with Crippen LogP contribution >= 0.6 is 0 Å². The van der Waals surface area contributed by atoms with Crippen molar-refractivity contribution in [3.63, 3.8) is 0 Å². The van der Waals surface area contributed by atoms with E-state index < -0.39 is 5.97 Å². The van der Waals surface area contributed by atoms with Crippen LogP contribution in [-0.2, 0) is 22.7 Å². The van der Waals surface area contributed by atoms with Gasteiger partial charge in [0.2, 0.25) is 0 Å². The molecule has 9 nitrogen and oxygen atoms in total. The zero-order valence-electron chi connectivity index (χ0n) is 13.1. The third kappa shape index (κ3) is 5.27. The summed E-state index contributed by atoms with van der Waals surface area (Å²) in [4.78, 5) is 22.4. The van der Waals surface area contributed by atoms with Crippen LogP contribution in [0.15, 0.2) is 30.5 Å². The van der Waals surface area contributed by atoms with E-state index in [4.69, 9.17) is 14.6 Å². The number of hydrogen-bond donors (Lipinski definition) is 2. The third-order valence-electron chi connectivity index (χ3n) is 2.86. The van der Waals surface area contributed by atoms with E-state index in [9.17, 15) is 9.59 Å². The number of nitrogens with one attached hydrogen (secondary N) is 1. The third-order valence-corrected chi connectivity index (χ3v) is 2.86. The summed E-state index contributed by atoms with van der Waals surface area (Å²) >= 11 is 0. The maximum atomic E-state index is 11.8. The number of ether oxygens (including phenoxy) is 2. The first-order valence-electron chi connectivity index (χ1n) is 7.30. The molecule has 0 saturated heterocycles. The second kappa shape index (κ2) is 8.51. The van der Waals surface area contributed by atoms with Gasteiger partial charge in [0, 0.05) is 0 Å². The summed E-state index contributed by atoms with van der Waals surface area (Å²) in [6.45, 7) is 2.04. The zero-order chi connectivity index (χ0) is 17.4. The lowest BCUT2D eigenvalue weighted by atomic mass is 10.3. The normalized spacial score (nSPS) is 10.2. The van der Waals surface area contributed by atoms with Gasteiger partial charge in [-0.2, -0.15) is 0 Å². The monoisotopic (exact) mass is 334 g/mol. The minimum Gasteiger partial charge on any atom is -0.490 e. The number of benzene rings is 1. The van der Waals surface area contributed by atoms with E-state index in [0.717, 1.165) is 0 Å². The lowest BCUT2D eigenvalue weighted by Crippen LogP contribution is -2.28. The predicted molar refractivity (Wildman–Crippen MR) is 82.6 cm³/mol. The second-order valence-corrected chi connectivity index (χ2v) is 4.75. The van der Waals surface area contributed by atoms with Crippen molar-refractivity contribution in [3.8, 4) is 11.5 Å². The maximum Gasteiger partial charge on any atom is 0.325 e. The Hall–Kier alpha value is -3.10. The van der Waals surface area contributed by atoms with Gasteiger partial charge in [-0.15, -0.1) is 5.10 Å². The summed E-state index contributed by atoms with van der Waals surface area (Å²) in [5, 5.41) is 18.7. The molecule has 1 heterocycles. The summed E-state index contributed by atoms with van der Waals surface area (Å²) in [5.41, 5.74) is 0.458. The predicted octanol–water partition coefficient (Wildman–Crippen LogP) is 0.457. The number of nitrogens with zero attached hydrogens (tertiary/aromatic N) is 3. The Balaban J connectivity index is 1.79. The fraction of sp³-hybridized carbons (Fsp3) is 0.333. The molecule has 2 aromatic rings. The summed E-state index contributed by atoms with van der Waals surface area (Å²) < 4.78 is 12.0. The van der Waals surface area contributed by atoms with Gasteiger partial charge in [0.05, 0.1) is 19.3 Å². The molecule has 24 heavy (non-hydrogen) atoms. The SMILES string of the molecule is CCOc1ccccc1OCC(=O)NCc1cn(CC(=O)O)nn1. The Labute approximate surface area is 138 Å². The molecule has 0 radical (unpaired) electrons. The van der Waals surface area contributed by atoms with Crippen molar-refractivity contribution in [2.24, 2.45) is 0 Å². The van der Waals surface area contributed by atoms with Gasteiger partial charge in [-0.05, 0) is 19.1 Å². The van der Waals surface area contributed by atoms with E-state index in [-0.39, 0.29) is 25.6 Å². The van der Waals surface area contributed by atoms with E-state index in [2.05, 4.69) is 15.6 Å². The van der Waals surface area contributed by atoms with E-state index in [1.165, 1.54) is 10.9 Å². The minimum atomic E-state index is -1.02. The first-order valence-corrected chi connectivity index (χ1v) is 7.30. The fourth-order valence-electron chi connectivity index (χ4n) is 1.86. The smallest absolute Gasteiger partial charge is 0.325 e. The van der Waals surface area contributed by atoms with Gasteiger partial charge in [0.15, 0.2) is 18.1 Å². The molecule has 9 heteroatoms. The number of hydrogen-bond acceptors (Lipinski definition) is 6. The molecular weight excluding hydrogens is 316 g/mol. The number of amides is 1. The number of carbonyl (C=O) groups is 2. The lowest BCUT2D eigenvalue weighted by molar-refractivity contribution is -0.138. The minimum absolute atomic E-state index is 0.134. The molecule has 0 saturated carbocycles. The van der Waals surface area contributed by atoms with Crippen molar-refractivity contribution in [2.75, 3.05) is 13.2 Å². The summed E-state index contributed by atoms with van der Waals surface area (Å²) in [6.07, 6.45) is 1.46. The van der Waals surface area contributed by atoms with E-state index in [1.807, 2.05) is 13.0 Å². The average molecular weight is 334 g/mol. The van der Waals surface area contributed by atoms with Crippen LogP contribution in [0.25, 0.3) is 0 Å².